The molecular weight excluding hydrogens is 405 g/mol. The van der Waals surface area contributed by atoms with Crippen molar-refractivity contribution in [1.82, 2.24) is 15.6 Å². The zero-order chi connectivity index (χ0) is 16.1. The van der Waals surface area contributed by atoms with Crippen LogP contribution in [0.4, 0.5) is 0 Å². The average Bonchev–Trinajstić information content (AvgIpc) is 3.19. The molecule has 0 saturated carbocycles. The highest BCUT2D eigenvalue weighted by Gasteiger charge is 2.17. The van der Waals surface area contributed by atoms with Crippen LogP contribution in [-0.4, -0.2) is 30.0 Å². The SMILES string of the molecule is Cl.Cl.O=C(Cc1csc(COc2ccc(Cl)cc2)n1)NC1CCNC1. The first-order chi connectivity index (χ1) is 11.2. The van der Waals surface area contributed by atoms with Gasteiger partial charge < -0.3 is 15.4 Å². The van der Waals surface area contributed by atoms with Crippen LogP contribution < -0.4 is 15.4 Å². The summed E-state index contributed by atoms with van der Waals surface area (Å²) in [6.07, 6.45) is 1.30. The monoisotopic (exact) mass is 423 g/mol. The Hall–Kier alpha value is -1.05. The number of amides is 1. The van der Waals surface area contributed by atoms with Crippen molar-refractivity contribution in [3.05, 3.63) is 45.4 Å². The highest BCUT2D eigenvalue weighted by molar-refractivity contribution is 7.09. The van der Waals surface area contributed by atoms with Crippen molar-refractivity contribution in [3.8, 4) is 5.75 Å². The maximum atomic E-state index is 12.0. The van der Waals surface area contributed by atoms with E-state index in [1.165, 1.54) is 11.3 Å². The Labute approximate surface area is 168 Å². The zero-order valence-electron chi connectivity index (χ0n) is 13.4. The fraction of sp³-hybridized carbons (Fsp3) is 0.375. The van der Waals surface area contributed by atoms with Crippen LogP contribution in [0.25, 0.3) is 0 Å². The minimum absolute atomic E-state index is 0. The van der Waals surface area contributed by atoms with Crippen LogP contribution in [0.1, 0.15) is 17.1 Å². The van der Waals surface area contributed by atoms with Gasteiger partial charge in [-0.2, -0.15) is 0 Å². The predicted molar refractivity (Wildman–Crippen MR) is 106 cm³/mol. The largest absolute Gasteiger partial charge is 0.486 e. The predicted octanol–water partition coefficient (Wildman–Crippen LogP) is 3.24. The van der Waals surface area contributed by atoms with Crippen LogP contribution in [0.5, 0.6) is 5.75 Å². The third-order valence-electron chi connectivity index (χ3n) is 3.54. The quantitative estimate of drug-likeness (QED) is 0.747. The Balaban J connectivity index is 0.00000156. The first kappa shape index (κ1) is 22.0. The van der Waals surface area contributed by atoms with Crippen molar-refractivity contribution in [2.45, 2.75) is 25.5 Å². The molecule has 1 aromatic heterocycles. The summed E-state index contributed by atoms with van der Waals surface area (Å²) in [6.45, 7) is 2.21. The van der Waals surface area contributed by atoms with Gasteiger partial charge in [-0.1, -0.05) is 11.6 Å². The minimum Gasteiger partial charge on any atom is -0.486 e. The normalized spacial score (nSPS) is 15.8. The number of benzene rings is 1. The molecule has 3 rings (SSSR count). The fourth-order valence-electron chi connectivity index (χ4n) is 2.39. The highest BCUT2D eigenvalue weighted by Crippen LogP contribution is 2.18. The lowest BCUT2D eigenvalue weighted by atomic mass is 10.2. The molecule has 5 nitrogen and oxygen atoms in total. The van der Waals surface area contributed by atoms with Crippen molar-refractivity contribution in [2.75, 3.05) is 13.1 Å². The summed E-state index contributed by atoms with van der Waals surface area (Å²) in [4.78, 5) is 16.4. The maximum absolute atomic E-state index is 12.0. The van der Waals surface area contributed by atoms with Crippen molar-refractivity contribution in [3.63, 3.8) is 0 Å². The van der Waals surface area contributed by atoms with E-state index in [1.54, 1.807) is 12.1 Å². The first-order valence-corrected chi connectivity index (χ1v) is 8.76. The van der Waals surface area contributed by atoms with Gasteiger partial charge in [0, 0.05) is 23.0 Å². The van der Waals surface area contributed by atoms with Gasteiger partial charge in [0.15, 0.2) is 0 Å². The number of nitrogens with one attached hydrogen (secondary N) is 2. The lowest BCUT2D eigenvalue weighted by Crippen LogP contribution is -2.37. The Morgan fingerprint density at radius 2 is 2.12 bits per heavy atom. The number of carbonyl (C=O) groups excluding carboxylic acids is 1. The number of aromatic nitrogens is 1. The van der Waals surface area contributed by atoms with Gasteiger partial charge in [0.25, 0.3) is 0 Å². The number of hydrogen-bond donors (Lipinski definition) is 2. The summed E-state index contributed by atoms with van der Waals surface area (Å²) < 4.78 is 5.65. The third kappa shape index (κ3) is 6.99. The first-order valence-electron chi connectivity index (χ1n) is 7.51. The topological polar surface area (TPSA) is 63.2 Å². The van der Waals surface area contributed by atoms with E-state index in [-0.39, 0.29) is 36.8 Å². The molecule has 1 fully saturated rings. The molecule has 1 unspecified atom stereocenters. The van der Waals surface area contributed by atoms with E-state index in [0.29, 0.717) is 18.1 Å². The standard InChI is InChI=1S/C16H18ClN3O2S.2ClH/c17-11-1-3-14(4-2-11)22-9-16-20-13(10-23-16)7-15(21)19-12-5-6-18-8-12;;/h1-4,10,12,18H,5-9H2,(H,19,21);2*1H. The van der Waals surface area contributed by atoms with Gasteiger partial charge in [-0.15, -0.1) is 36.2 Å². The van der Waals surface area contributed by atoms with Gasteiger partial charge in [0.1, 0.15) is 17.4 Å². The Morgan fingerprint density at radius 1 is 1.36 bits per heavy atom. The number of nitrogens with zero attached hydrogens (tertiary/aromatic N) is 1. The third-order valence-corrected chi connectivity index (χ3v) is 4.67. The summed E-state index contributed by atoms with van der Waals surface area (Å²) in [6, 6.07) is 7.45. The van der Waals surface area contributed by atoms with Crippen LogP contribution in [0.3, 0.4) is 0 Å². The molecule has 2 aromatic rings. The molecule has 25 heavy (non-hydrogen) atoms. The second-order valence-electron chi connectivity index (χ2n) is 5.41. The molecule has 1 aromatic carbocycles. The number of halogens is 3. The lowest BCUT2D eigenvalue weighted by molar-refractivity contribution is -0.121. The van der Waals surface area contributed by atoms with Crippen molar-refractivity contribution in [1.29, 1.82) is 0 Å². The molecule has 0 bridgehead atoms. The molecule has 1 atom stereocenters. The highest BCUT2D eigenvalue weighted by atomic mass is 35.5. The molecule has 1 amide bonds. The van der Waals surface area contributed by atoms with Gasteiger partial charge in [-0.05, 0) is 37.2 Å². The summed E-state index contributed by atoms with van der Waals surface area (Å²) in [5.41, 5.74) is 0.785. The second kappa shape index (κ2) is 10.8. The van der Waals surface area contributed by atoms with Gasteiger partial charge in [0.2, 0.25) is 5.91 Å². The van der Waals surface area contributed by atoms with E-state index in [4.69, 9.17) is 16.3 Å². The van der Waals surface area contributed by atoms with Crippen LogP contribution in [0.2, 0.25) is 5.02 Å². The molecule has 0 spiro atoms. The summed E-state index contributed by atoms with van der Waals surface area (Å²) in [7, 11) is 0. The Bertz CT molecular complexity index is 661. The maximum Gasteiger partial charge on any atom is 0.226 e. The lowest BCUT2D eigenvalue weighted by Gasteiger charge is -2.10. The minimum atomic E-state index is 0. The Kier molecular flexibility index (Phi) is 9.53. The van der Waals surface area contributed by atoms with E-state index >= 15 is 0 Å². The number of rotatable bonds is 6. The average molecular weight is 425 g/mol. The van der Waals surface area contributed by atoms with Crippen molar-refractivity contribution >= 4 is 53.7 Å². The van der Waals surface area contributed by atoms with Crippen LogP contribution in [-0.2, 0) is 17.8 Å². The molecular formula is C16H20Cl3N3O2S. The molecule has 9 heteroatoms. The summed E-state index contributed by atoms with van der Waals surface area (Å²) in [5.74, 6) is 0.770. The number of carbonyl (C=O) groups is 1. The fourth-order valence-corrected chi connectivity index (χ4v) is 3.22. The summed E-state index contributed by atoms with van der Waals surface area (Å²) in [5, 5.41) is 9.69. The number of hydrogen-bond acceptors (Lipinski definition) is 5. The van der Waals surface area contributed by atoms with Crippen LogP contribution in [0, 0.1) is 0 Å². The number of ether oxygens (including phenoxy) is 1. The van der Waals surface area contributed by atoms with E-state index < -0.39 is 0 Å². The molecule has 2 N–H and O–H groups in total. The molecule has 1 aliphatic rings. The van der Waals surface area contributed by atoms with Crippen molar-refractivity contribution in [2.24, 2.45) is 0 Å². The molecule has 1 saturated heterocycles. The van der Waals surface area contributed by atoms with E-state index in [9.17, 15) is 4.79 Å². The van der Waals surface area contributed by atoms with Gasteiger partial charge >= 0.3 is 0 Å². The molecule has 1 aliphatic heterocycles. The van der Waals surface area contributed by atoms with Crippen LogP contribution >= 0.6 is 47.8 Å². The van der Waals surface area contributed by atoms with Crippen molar-refractivity contribution < 1.29 is 9.53 Å². The smallest absolute Gasteiger partial charge is 0.226 e. The van der Waals surface area contributed by atoms with Gasteiger partial charge in [-0.3, -0.25) is 4.79 Å². The zero-order valence-corrected chi connectivity index (χ0v) is 16.6. The number of thiazole rings is 1. The van der Waals surface area contributed by atoms with Crippen LogP contribution in [0.15, 0.2) is 29.6 Å². The molecule has 138 valence electrons. The second-order valence-corrected chi connectivity index (χ2v) is 6.79. The molecule has 0 aliphatic carbocycles. The van der Waals surface area contributed by atoms with Gasteiger partial charge in [0.05, 0.1) is 12.1 Å². The Morgan fingerprint density at radius 3 is 2.80 bits per heavy atom. The molecule has 2 heterocycles. The van der Waals surface area contributed by atoms with Gasteiger partial charge in [-0.25, -0.2) is 4.98 Å². The van der Waals surface area contributed by atoms with E-state index in [2.05, 4.69) is 15.6 Å². The van der Waals surface area contributed by atoms with E-state index in [1.807, 2.05) is 17.5 Å². The summed E-state index contributed by atoms with van der Waals surface area (Å²) >= 11 is 7.34. The molecule has 0 radical (unpaired) electrons. The van der Waals surface area contributed by atoms with E-state index in [0.717, 1.165) is 36.0 Å².